The van der Waals surface area contributed by atoms with Gasteiger partial charge in [0.2, 0.25) is 0 Å². The number of hydrogen-bond donors (Lipinski definition) is 1. The third-order valence-electron chi connectivity index (χ3n) is 4.68. The summed E-state index contributed by atoms with van der Waals surface area (Å²) in [6.07, 6.45) is 1.62. The summed E-state index contributed by atoms with van der Waals surface area (Å²) in [5.41, 5.74) is 2.22. The van der Waals surface area contributed by atoms with E-state index >= 15 is 0 Å². The minimum Gasteiger partial charge on any atom is -0.457 e. The summed E-state index contributed by atoms with van der Waals surface area (Å²) in [4.78, 5) is 11.2. The normalized spacial score (nSPS) is 14.8. The van der Waals surface area contributed by atoms with E-state index in [-0.39, 0.29) is 5.41 Å². The lowest BCUT2D eigenvalue weighted by Gasteiger charge is -2.22. The van der Waals surface area contributed by atoms with Gasteiger partial charge in [0.15, 0.2) is 0 Å². The number of aromatic nitrogens is 2. The van der Waals surface area contributed by atoms with Crippen molar-refractivity contribution in [1.82, 2.24) is 9.97 Å². The molecule has 0 fully saturated rings. The van der Waals surface area contributed by atoms with Gasteiger partial charge in [-0.05, 0) is 36.4 Å². The molecule has 5 nitrogen and oxygen atoms in total. The zero-order valence-corrected chi connectivity index (χ0v) is 15.2. The van der Waals surface area contributed by atoms with Crippen molar-refractivity contribution in [3.8, 4) is 11.5 Å². The van der Waals surface area contributed by atoms with Crippen LogP contribution in [0.1, 0.15) is 19.4 Å². The average Bonchev–Trinajstić information content (AvgIpc) is 2.95. The van der Waals surface area contributed by atoms with Crippen LogP contribution in [0, 0.1) is 0 Å². The first kappa shape index (κ1) is 16.4. The lowest BCUT2D eigenvalue weighted by Crippen LogP contribution is -2.25. The van der Waals surface area contributed by atoms with E-state index in [0.717, 1.165) is 40.9 Å². The third-order valence-corrected chi connectivity index (χ3v) is 4.68. The molecule has 5 heteroatoms. The van der Waals surface area contributed by atoms with E-state index < -0.39 is 0 Å². The lowest BCUT2D eigenvalue weighted by molar-refractivity contribution is 0.482. The number of benzene rings is 2. The molecule has 0 bridgehead atoms. The van der Waals surface area contributed by atoms with Crippen LogP contribution in [-0.4, -0.2) is 23.6 Å². The van der Waals surface area contributed by atoms with E-state index in [9.17, 15) is 0 Å². The van der Waals surface area contributed by atoms with Gasteiger partial charge in [0.1, 0.15) is 29.5 Å². The predicted molar refractivity (Wildman–Crippen MR) is 105 cm³/mol. The molecular weight excluding hydrogens is 324 g/mol. The number of hydrogen-bond acceptors (Lipinski definition) is 5. The van der Waals surface area contributed by atoms with Gasteiger partial charge in [-0.1, -0.05) is 32.0 Å². The van der Waals surface area contributed by atoms with Crippen LogP contribution in [0.3, 0.4) is 0 Å². The lowest BCUT2D eigenvalue weighted by atomic mass is 9.88. The number of rotatable bonds is 4. The minimum absolute atomic E-state index is 0.0336. The maximum absolute atomic E-state index is 5.89. The molecule has 26 heavy (non-hydrogen) atoms. The van der Waals surface area contributed by atoms with Crippen molar-refractivity contribution >= 4 is 17.3 Å². The fraction of sp³-hybridized carbons (Fsp3) is 0.238. The summed E-state index contributed by atoms with van der Waals surface area (Å²) in [5.74, 6) is 3.51. The molecule has 1 aliphatic heterocycles. The van der Waals surface area contributed by atoms with Gasteiger partial charge in [0.25, 0.3) is 0 Å². The van der Waals surface area contributed by atoms with Crippen LogP contribution >= 0.6 is 0 Å². The predicted octanol–water partition coefficient (Wildman–Crippen LogP) is 4.74. The Morgan fingerprint density at radius 3 is 2.35 bits per heavy atom. The summed E-state index contributed by atoms with van der Waals surface area (Å²) < 4.78 is 5.89. The number of anilines is 3. The van der Waals surface area contributed by atoms with E-state index in [4.69, 9.17) is 4.74 Å². The Morgan fingerprint density at radius 1 is 0.962 bits per heavy atom. The van der Waals surface area contributed by atoms with E-state index in [0.29, 0.717) is 0 Å². The smallest absolute Gasteiger partial charge is 0.142 e. The van der Waals surface area contributed by atoms with Crippen molar-refractivity contribution in [2.75, 3.05) is 23.8 Å². The van der Waals surface area contributed by atoms with Crippen molar-refractivity contribution < 1.29 is 4.74 Å². The molecule has 0 unspecified atom stereocenters. The molecule has 2 heterocycles. The van der Waals surface area contributed by atoms with Crippen molar-refractivity contribution in [3.63, 3.8) is 0 Å². The molecule has 2 aromatic carbocycles. The van der Waals surface area contributed by atoms with Gasteiger partial charge in [0, 0.05) is 30.3 Å². The Hall–Kier alpha value is -3.08. The van der Waals surface area contributed by atoms with Gasteiger partial charge >= 0.3 is 0 Å². The van der Waals surface area contributed by atoms with E-state index in [1.165, 1.54) is 0 Å². The Balaban J connectivity index is 1.63. The highest BCUT2D eigenvalue weighted by molar-refractivity contribution is 5.74. The summed E-state index contributed by atoms with van der Waals surface area (Å²) in [6.45, 7) is 5.31. The maximum atomic E-state index is 5.89. The van der Waals surface area contributed by atoms with Crippen molar-refractivity contribution in [2.24, 2.45) is 0 Å². The molecule has 0 amide bonds. The largest absolute Gasteiger partial charge is 0.457 e. The van der Waals surface area contributed by atoms with Crippen LogP contribution in [0.2, 0.25) is 0 Å². The zero-order chi connectivity index (χ0) is 18.1. The van der Waals surface area contributed by atoms with Crippen LogP contribution in [-0.2, 0) is 5.41 Å². The van der Waals surface area contributed by atoms with E-state index in [2.05, 4.69) is 46.2 Å². The van der Waals surface area contributed by atoms with Crippen LogP contribution in [0.4, 0.5) is 17.3 Å². The fourth-order valence-electron chi connectivity index (χ4n) is 3.48. The van der Waals surface area contributed by atoms with Gasteiger partial charge in [-0.2, -0.15) is 0 Å². The summed E-state index contributed by atoms with van der Waals surface area (Å²) in [5, 5.41) is 3.19. The van der Waals surface area contributed by atoms with Crippen LogP contribution in [0.15, 0.2) is 60.9 Å². The van der Waals surface area contributed by atoms with Gasteiger partial charge < -0.3 is 15.0 Å². The zero-order valence-electron chi connectivity index (χ0n) is 15.2. The molecule has 0 spiro atoms. The molecular formula is C21H22N4O. The number of nitrogens with one attached hydrogen (secondary N) is 1. The molecule has 0 atom stereocenters. The second kappa shape index (κ2) is 6.33. The fourth-order valence-corrected chi connectivity index (χ4v) is 3.48. The highest BCUT2D eigenvalue weighted by atomic mass is 16.5. The molecule has 4 rings (SSSR count). The number of fused-ring (bicyclic) bond motifs is 1. The molecule has 0 saturated heterocycles. The average molecular weight is 346 g/mol. The molecule has 1 N–H and O–H groups in total. The van der Waals surface area contributed by atoms with Crippen LogP contribution in [0.5, 0.6) is 11.5 Å². The third kappa shape index (κ3) is 2.86. The van der Waals surface area contributed by atoms with Crippen LogP contribution < -0.4 is 15.0 Å². The van der Waals surface area contributed by atoms with Crippen LogP contribution in [0.25, 0.3) is 0 Å². The van der Waals surface area contributed by atoms with E-state index in [1.54, 1.807) is 6.33 Å². The Bertz CT molecular complexity index is 907. The van der Waals surface area contributed by atoms with E-state index in [1.807, 2.05) is 49.5 Å². The highest BCUT2D eigenvalue weighted by Crippen LogP contribution is 2.45. The molecule has 3 aromatic rings. The first-order valence-electron chi connectivity index (χ1n) is 8.72. The topological polar surface area (TPSA) is 50.3 Å². The number of nitrogens with zero attached hydrogens (tertiary/aromatic N) is 3. The summed E-state index contributed by atoms with van der Waals surface area (Å²) in [6, 6.07) is 17.9. The Kier molecular flexibility index (Phi) is 3.99. The molecule has 0 radical (unpaired) electrons. The SMILES string of the molecule is CNc1ncnc2c1C(C)(C)CN2c1ccc(Oc2ccccc2)cc1. The van der Waals surface area contributed by atoms with Gasteiger partial charge in [-0.3, -0.25) is 0 Å². The van der Waals surface area contributed by atoms with Gasteiger partial charge in [0.05, 0.1) is 0 Å². The van der Waals surface area contributed by atoms with Gasteiger partial charge in [-0.25, -0.2) is 9.97 Å². The molecule has 132 valence electrons. The summed E-state index contributed by atoms with van der Waals surface area (Å²) >= 11 is 0. The monoisotopic (exact) mass is 346 g/mol. The molecule has 1 aromatic heterocycles. The molecule has 1 aliphatic rings. The van der Waals surface area contributed by atoms with Gasteiger partial charge in [-0.15, -0.1) is 0 Å². The highest BCUT2D eigenvalue weighted by Gasteiger charge is 2.39. The summed E-state index contributed by atoms with van der Waals surface area (Å²) in [7, 11) is 1.90. The second-order valence-electron chi connectivity index (χ2n) is 7.05. The number of ether oxygens (including phenoxy) is 1. The van der Waals surface area contributed by atoms with Crippen molar-refractivity contribution in [1.29, 1.82) is 0 Å². The number of para-hydroxylation sites is 1. The van der Waals surface area contributed by atoms with Crippen molar-refractivity contribution in [3.05, 3.63) is 66.5 Å². The first-order valence-corrected chi connectivity index (χ1v) is 8.72. The maximum Gasteiger partial charge on any atom is 0.142 e. The second-order valence-corrected chi connectivity index (χ2v) is 7.05. The van der Waals surface area contributed by atoms with Crippen molar-refractivity contribution in [2.45, 2.75) is 19.3 Å². The standard InChI is InChI=1S/C21H22N4O/c1-21(2)13-25(20-18(21)19(22-3)23-14-24-20)15-9-11-17(12-10-15)26-16-7-5-4-6-8-16/h4-12,14H,13H2,1-3H3,(H,22,23,24). The quantitative estimate of drug-likeness (QED) is 0.739. The minimum atomic E-state index is -0.0336. The first-order chi connectivity index (χ1) is 12.6. The Labute approximate surface area is 153 Å². The Morgan fingerprint density at radius 2 is 1.65 bits per heavy atom. The molecule has 0 aliphatic carbocycles. The molecule has 0 saturated carbocycles.